The number of amidine groups is 1. The first-order valence-corrected chi connectivity index (χ1v) is 10.6. The quantitative estimate of drug-likeness (QED) is 0.725. The van der Waals surface area contributed by atoms with Crippen LogP contribution in [0.1, 0.15) is 67.2 Å². The molecule has 0 saturated carbocycles. The van der Waals surface area contributed by atoms with E-state index in [0.29, 0.717) is 25.7 Å². The number of piperidine rings is 2. The lowest BCUT2D eigenvalue weighted by Crippen LogP contribution is -2.58. The van der Waals surface area contributed by atoms with E-state index >= 15 is 0 Å². The van der Waals surface area contributed by atoms with Crippen LogP contribution in [0.3, 0.4) is 0 Å². The van der Waals surface area contributed by atoms with E-state index in [1.165, 1.54) is 0 Å². The summed E-state index contributed by atoms with van der Waals surface area (Å²) in [5.74, 6) is 1.01. The number of carbonyl (C=O) groups is 2. The number of hydrogen-bond donors (Lipinski definition) is 0. The van der Waals surface area contributed by atoms with Crippen molar-refractivity contribution in [1.29, 1.82) is 0 Å². The summed E-state index contributed by atoms with van der Waals surface area (Å²) in [5, 5.41) is 0. The molecule has 158 valence electrons. The Morgan fingerprint density at radius 3 is 2.39 bits per heavy atom. The topological polar surface area (TPSA) is 65.5 Å². The van der Waals surface area contributed by atoms with Crippen LogP contribution in [-0.2, 0) is 9.53 Å². The summed E-state index contributed by atoms with van der Waals surface area (Å²) in [6.45, 7) is 14.8. The van der Waals surface area contributed by atoms with E-state index in [-0.39, 0.29) is 18.0 Å². The number of nitrogens with zero attached hydrogens (tertiary/aromatic N) is 4. The number of ether oxygens (including phenoxy) is 1. The van der Waals surface area contributed by atoms with Gasteiger partial charge in [-0.15, -0.1) is 0 Å². The number of carbonyl (C=O) groups excluding carboxylic acids is 2. The second kappa shape index (κ2) is 7.65. The molecule has 1 spiro atoms. The lowest BCUT2D eigenvalue weighted by atomic mass is 9.87. The van der Waals surface area contributed by atoms with Gasteiger partial charge in [0.2, 0.25) is 0 Å². The molecule has 2 amide bonds. The molecule has 0 radical (unpaired) electrons. The molecule has 1 unspecified atom stereocenters. The molecule has 28 heavy (non-hydrogen) atoms. The van der Waals surface area contributed by atoms with E-state index in [0.717, 1.165) is 38.1 Å². The molecule has 2 saturated heterocycles. The van der Waals surface area contributed by atoms with Gasteiger partial charge in [-0.2, -0.15) is 0 Å². The monoisotopic (exact) mass is 392 g/mol. The second-order valence-corrected chi connectivity index (χ2v) is 9.73. The molecular formula is C21H36N4O3. The first-order valence-electron chi connectivity index (χ1n) is 10.6. The molecule has 3 aliphatic heterocycles. The lowest BCUT2D eigenvalue weighted by Gasteiger charge is -2.44. The van der Waals surface area contributed by atoms with Gasteiger partial charge in [-0.25, -0.2) is 4.79 Å². The van der Waals surface area contributed by atoms with Crippen molar-refractivity contribution in [2.24, 2.45) is 4.99 Å². The van der Waals surface area contributed by atoms with E-state index < -0.39 is 11.1 Å². The van der Waals surface area contributed by atoms with Crippen LogP contribution >= 0.6 is 0 Å². The van der Waals surface area contributed by atoms with Crippen LogP contribution in [0.4, 0.5) is 4.79 Å². The van der Waals surface area contributed by atoms with Crippen LogP contribution in [0.2, 0.25) is 0 Å². The van der Waals surface area contributed by atoms with Gasteiger partial charge in [0, 0.05) is 31.7 Å². The van der Waals surface area contributed by atoms with Crippen molar-refractivity contribution in [1.82, 2.24) is 14.7 Å². The van der Waals surface area contributed by atoms with E-state index in [1.54, 1.807) is 0 Å². The zero-order valence-corrected chi connectivity index (χ0v) is 18.3. The maximum Gasteiger partial charge on any atom is 0.410 e. The van der Waals surface area contributed by atoms with Crippen LogP contribution in [-0.4, -0.2) is 81.9 Å². The third-order valence-electron chi connectivity index (χ3n) is 5.99. The molecule has 0 aromatic rings. The Morgan fingerprint density at radius 1 is 1.21 bits per heavy atom. The van der Waals surface area contributed by atoms with E-state index in [2.05, 4.69) is 4.90 Å². The normalized spacial score (nSPS) is 27.7. The largest absolute Gasteiger partial charge is 0.444 e. The molecule has 3 aliphatic rings. The van der Waals surface area contributed by atoms with Gasteiger partial charge in [0.05, 0.1) is 0 Å². The van der Waals surface area contributed by atoms with Crippen LogP contribution in [0, 0.1) is 0 Å². The van der Waals surface area contributed by atoms with Crippen molar-refractivity contribution in [2.75, 3.05) is 26.2 Å². The minimum absolute atomic E-state index is 0.142. The fourth-order valence-corrected chi connectivity index (χ4v) is 4.78. The Hall–Kier alpha value is -1.63. The SMILES string of the molecule is CC1=NC2(CCCN(C3CCN(C(=O)OC(C)(C)C)CC3)C2)C(=O)N1C(C)C. The maximum atomic E-state index is 13.2. The first kappa shape index (κ1) is 21.1. The summed E-state index contributed by atoms with van der Waals surface area (Å²) in [5.41, 5.74) is -1.07. The Bertz CT molecular complexity index is 647. The average Bonchev–Trinajstić information content (AvgIpc) is 2.83. The van der Waals surface area contributed by atoms with Gasteiger partial charge < -0.3 is 9.64 Å². The molecule has 0 N–H and O–H groups in total. The minimum Gasteiger partial charge on any atom is -0.444 e. The highest BCUT2D eigenvalue weighted by Crippen LogP contribution is 2.35. The smallest absolute Gasteiger partial charge is 0.410 e. The van der Waals surface area contributed by atoms with Crippen molar-refractivity contribution in [3.05, 3.63) is 0 Å². The Kier molecular flexibility index (Phi) is 5.76. The number of amides is 2. The van der Waals surface area contributed by atoms with Gasteiger partial charge in [-0.05, 0) is 73.8 Å². The maximum absolute atomic E-state index is 13.2. The summed E-state index contributed by atoms with van der Waals surface area (Å²) in [6, 6.07) is 0.537. The molecule has 2 fully saturated rings. The molecule has 3 heterocycles. The molecule has 0 aliphatic carbocycles. The number of rotatable bonds is 2. The lowest BCUT2D eigenvalue weighted by molar-refractivity contribution is -0.134. The molecule has 3 rings (SSSR count). The summed E-state index contributed by atoms with van der Waals surface area (Å²) in [6.07, 6.45) is 3.43. The molecule has 0 bridgehead atoms. The van der Waals surface area contributed by atoms with Crippen LogP contribution in [0.15, 0.2) is 4.99 Å². The third-order valence-corrected chi connectivity index (χ3v) is 5.99. The van der Waals surface area contributed by atoms with E-state index in [4.69, 9.17) is 9.73 Å². The standard InChI is InChI=1S/C21H36N4O3/c1-15(2)25-16(3)22-21(18(25)26)10-7-11-24(14-21)17-8-12-23(13-9-17)19(27)28-20(4,5)6/h15,17H,7-14H2,1-6H3. The Labute approximate surface area is 169 Å². The van der Waals surface area contributed by atoms with Gasteiger partial charge >= 0.3 is 6.09 Å². The molecule has 0 aromatic carbocycles. The molecule has 7 nitrogen and oxygen atoms in total. The van der Waals surface area contributed by atoms with Crippen molar-refractivity contribution in [3.8, 4) is 0 Å². The Morgan fingerprint density at radius 2 is 1.86 bits per heavy atom. The highest BCUT2D eigenvalue weighted by Gasteiger charge is 2.51. The van der Waals surface area contributed by atoms with Crippen LogP contribution < -0.4 is 0 Å². The zero-order valence-electron chi connectivity index (χ0n) is 18.3. The Balaban J connectivity index is 1.61. The predicted octanol–water partition coefficient (Wildman–Crippen LogP) is 2.89. The second-order valence-electron chi connectivity index (χ2n) is 9.73. The van der Waals surface area contributed by atoms with Gasteiger partial charge in [0.15, 0.2) is 5.54 Å². The third kappa shape index (κ3) is 4.19. The molecule has 7 heteroatoms. The van der Waals surface area contributed by atoms with Crippen molar-refractivity contribution >= 4 is 17.8 Å². The molecule has 0 aromatic heterocycles. The van der Waals surface area contributed by atoms with Gasteiger partial charge in [-0.1, -0.05) is 0 Å². The summed E-state index contributed by atoms with van der Waals surface area (Å²) in [4.78, 5) is 36.4. The van der Waals surface area contributed by atoms with Gasteiger partial charge in [0.25, 0.3) is 5.91 Å². The van der Waals surface area contributed by atoms with E-state index in [9.17, 15) is 9.59 Å². The number of likely N-dealkylation sites (tertiary alicyclic amines) is 2. The molecular weight excluding hydrogens is 356 g/mol. The highest BCUT2D eigenvalue weighted by atomic mass is 16.6. The fraction of sp³-hybridized carbons (Fsp3) is 0.857. The summed E-state index contributed by atoms with van der Waals surface area (Å²) >= 11 is 0. The van der Waals surface area contributed by atoms with Crippen LogP contribution in [0.5, 0.6) is 0 Å². The summed E-state index contributed by atoms with van der Waals surface area (Å²) in [7, 11) is 0. The molecule has 1 atom stereocenters. The average molecular weight is 393 g/mol. The van der Waals surface area contributed by atoms with Crippen molar-refractivity contribution in [2.45, 2.75) is 90.4 Å². The van der Waals surface area contributed by atoms with Gasteiger partial charge in [-0.3, -0.25) is 19.6 Å². The first-order chi connectivity index (χ1) is 13.0. The minimum atomic E-state index is -0.602. The van der Waals surface area contributed by atoms with Crippen LogP contribution in [0.25, 0.3) is 0 Å². The number of aliphatic imine (C=N–C) groups is 1. The predicted molar refractivity (Wildman–Crippen MR) is 109 cm³/mol. The fourth-order valence-electron chi connectivity index (χ4n) is 4.78. The van der Waals surface area contributed by atoms with Crippen molar-refractivity contribution < 1.29 is 14.3 Å². The summed E-state index contributed by atoms with van der Waals surface area (Å²) < 4.78 is 5.50. The highest BCUT2D eigenvalue weighted by molar-refractivity contribution is 6.07. The van der Waals surface area contributed by atoms with Crippen molar-refractivity contribution in [3.63, 3.8) is 0 Å². The van der Waals surface area contributed by atoms with E-state index in [1.807, 2.05) is 51.3 Å². The zero-order chi connectivity index (χ0) is 20.7. The number of hydrogen-bond acceptors (Lipinski definition) is 5. The van der Waals surface area contributed by atoms with Gasteiger partial charge in [0.1, 0.15) is 11.4 Å².